The zero-order valence-corrected chi connectivity index (χ0v) is 13.4. The Morgan fingerprint density at radius 3 is 2.71 bits per heavy atom. The molecule has 1 aromatic heterocycles. The topological polar surface area (TPSA) is 59.2 Å². The summed E-state index contributed by atoms with van der Waals surface area (Å²) in [4.78, 5) is 27.4. The van der Waals surface area contributed by atoms with Gasteiger partial charge in [0.1, 0.15) is 18.1 Å². The van der Waals surface area contributed by atoms with Gasteiger partial charge in [0.2, 0.25) is 0 Å². The predicted octanol–water partition coefficient (Wildman–Crippen LogP) is 3.62. The standard InChI is InChI=1S/C18H14FNO3S/c19-13-6-2-4-8-17(13)24-10-9-23-18(22)15-11-16(21)12-5-1-3-7-14(12)20-15/h1-8,11H,9-10H2,(H,20,21). The highest BCUT2D eigenvalue weighted by molar-refractivity contribution is 7.99. The van der Waals surface area contributed by atoms with Crippen LogP contribution in [0.1, 0.15) is 10.5 Å². The fourth-order valence-corrected chi connectivity index (χ4v) is 3.00. The van der Waals surface area contributed by atoms with Crippen molar-refractivity contribution < 1.29 is 13.9 Å². The van der Waals surface area contributed by atoms with E-state index in [-0.39, 0.29) is 23.5 Å². The summed E-state index contributed by atoms with van der Waals surface area (Å²) in [5.41, 5.74) is 0.448. The smallest absolute Gasteiger partial charge is 0.354 e. The first kappa shape index (κ1) is 16.3. The molecule has 0 unspecified atom stereocenters. The number of esters is 1. The molecule has 1 heterocycles. The van der Waals surface area contributed by atoms with E-state index in [4.69, 9.17) is 4.74 Å². The number of aromatic nitrogens is 1. The maximum absolute atomic E-state index is 13.5. The Hall–Kier alpha value is -2.60. The first-order valence-electron chi connectivity index (χ1n) is 7.31. The van der Waals surface area contributed by atoms with Crippen molar-refractivity contribution in [2.24, 2.45) is 0 Å². The number of halogens is 1. The second kappa shape index (κ2) is 7.31. The van der Waals surface area contributed by atoms with E-state index in [2.05, 4.69) is 4.98 Å². The van der Waals surface area contributed by atoms with Gasteiger partial charge in [-0.05, 0) is 24.3 Å². The molecule has 0 amide bonds. The van der Waals surface area contributed by atoms with E-state index in [1.165, 1.54) is 23.9 Å². The van der Waals surface area contributed by atoms with Crippen LogP contribution in [0.3, 0.4) is 0 Å². The largest absolute Gasteiger partial charge is 0.460 e. The molecule has 3 rings (SSSR count). The summed E-state index contributed by atoms with van der Waals surface area (Å²) in [5.74, 6) is -0.482. The van der Waals surface area contributed by atoms with Crippen LogP contribution in [0.25, 0.3) is 10.9 Å². The van der Waals surface area contributed by atoms with Gasteiger partial charge in [-0.15, -0.1) is 11.8 Å². The minimum atomic E-state index is -0.605. The van der Waals surface area contributed by atoms with Gasteiger partial charge in [-0.2, -0.15) is 0 Å². The second-order valence-corrected chi connectivity index (χ2v) is 6.14. The minimum absolute atomic E-state index is 0.106. The Morgan fingerprint density at radius 1 is 1.12 bits per heavy atom. The van der Waals surface area contributed by atoms with Gasteiger partial charge in [0.15, 0.2) is 5.43 Å². The molecule has 0 bridgehead atoms. The fourth-order valence-electron chi connectivity index (χ4n) is 2.23. The number of rotatable bonds is 5. The van der Waals surface area contributed by atoms with Gasteiger partial charge in [0.05, 0.1) is 0 Å². The third-order valence-electron chi connectivity index (χ3n) is 3.37. The van der Waals surface area contributed by atoms with E-state index in [1.807, 2.05) is 0 Å². The molecule has 4 nitrogen and oxygen atoms in total. The van der Waals surface area contributed by atoms with E-state index >= 15 is 0 Å². The Morgan fingerprint density at radius 2 is 1.88 bits per heavy atom. The number of fused-ring (bicyclic) bond motifs is 1. The van der Waals surface area contributed by atoms with Crippen molar-refractivity contribution in [1.82, 2.24) is 4.98 Å². The third kappa shape index (κ3) is 3.65. The average Bonchev–Trinajstić information content (AvgIpc) is 2.60. The molecule has 122 valence electrons. The number of carbonyl (C=O) groups excluding carboxylic acids is 1. The maximum Gasteiger partial charge on any atom is 0.354 e. The quantitative estimate of drug-likeness (QED) is 0.437. The molecule has 6 heteroatoms. The number of aromatic amines is 1. The first-order valence-corrected chi connectivity index (χ1v) is 8.30. The van der Waals surface area contributed by atoms with E-state index in [0.717, 1.165) is 0 Å². The summed E-state index contributed by atoms with van der Waals surface area (Å²) < 4.78 is 18.6. The Bertz CT molecular complexity index is 939. The van der Waals surface area contributed by atoms with Crippen LogP contribution in [0.2, 0.25) is 0 Å². The molecule has 0 aliphatic heterocycles. The third-order valence-corrected chi connectivity index (χ3v) is 4.38. The Balaban J connectivity index is 1.61. The number of nitrogens with one attached hydrogen (secondary N) is 1. The summed E-state index contributed by atoms with van der Waals surface area (Å²) in [6.07, 6.45) is 0. The molecule has 0 atom stereocenters. The number of hydrogen-bond donors (Lipinski definition) is 1. The number of para-hydroxylation sites is 1. The number of benzene rings is 2. The second-order valence-electron chi connectivity index (χ2n) is 5.01. The highest BCUT2D eigenvalue weighted by atomic mass is 32.2. The molecular weight excluding hydrogens is 329 g/mol. The molecule has 1 N–H and O–H groups in total. The zero-order chi connectivity index (χ0) is 16.9. The lowest BCUT2D eigenvalue weighted by Gasteiger charge is -2.06. The molecular formula is C18H14FNO3S. The van der Waals surface area contributed by atoms with Crippen LogP contribution in [0.4, 0.5) is 4.39 Å². The van der Waals surface area contributed by atoms with Crippen molar-refractivity contribution in [3.05, 3.63) is 76.3 Å². The van der Waals surface area contributed by atoms with Gasteiger partial charge in [-0.1, -0.05) is 24.3 Å². The van der Waals surface area contributed by atoms with Crippen LogP contribution in [0.5, 0.6) is 0 Å². The highest BCUT2D eigenvalue weighted by Crippen LogP contribution is 2.20. The summed E-state index contributed by atoms with van der Waals surface area (Å²) in [6.45, 7) is 0.118. The van der Waals surface area contributed by atoms with Crippen LogP contribution in [0.15, 0.2) is 64.3 Å². The van der Waals surface area contributed by atoms with E-state index in [9.17, 15) is 14.0 Å². The van der Waals surface area contributed by atoms with Crippen molar-refractivity contribution in [2.45, 2.75) is 4.90 Å². The van der Waals surface area contributed by atoms with Gasteiger partial charge in [0, 0.05) is 27.6 Å². The summed E-state index contributed by atoms with van der Waals surface area (Å²) >= 11 is 1.27. The maximum atomic E-state index is 13.5. The molecule has 0 saturated heterocycles. The lowest BCUT2D eigenvalue weighted by Crippen LogP contribution is -2.14. The van der Waals surface area contributed by atoms with Crippen molar-refractivity contribution >= 4 is 28.6 Å². The van der Waals surface area contributed by atoms with Crippen molar-refractivity contribution in [3.8, 4) is 0 Å². The van der Waals surface area contributed by atoms with Gasteiger partial charge in [0.25, 0.3) is 0 Å². The summed E-state index contributed by atoms with van der Waals surface area (Å²) in [6, 6.07) is 14.6. The van der Waals surface area contributed by atoms with Crippen molar-refractivity contribution in [1.29, 1.82) is 0 Å². The number of thioether (sulfide) groups is 1. The molecule has 0 radical (unpaired) electrons. The van der Waals surface area contributed by atoms with Crippen LogP contribution >= 0.6 is 11.8 Å². The highest BCUT2D eigenvalue weighted by Gasteiger charge is 2.11. The normalized spacial score (nSPS) is 10.7. The molecule has 0 aliphatic rings. The molecule has 0 fully saturated rings. The molecule has 24 heavy (non-hydrogen) atoms. The van der Waals surface area contributed by atoms with Crippen molar-refractivity contribution in [3.63, 3.8) is 0 Å². The minimum Gasteiger partial charge on any atom is -0.460 e. The van der Waals surface area contributed by atoms with E-state index in [0.29, 0.717) is 21.6 Å². The molecule has 0 saturated carbocycles. The Labute approximate surface area is 141 Å². The van der Waals surface area contributed by atoms with Crippen molar-refractivity contribution in [2.75, 3.05) is 12.4 Å². The van der Waals surface area contributed by atoms with Gasteiger partial charge < -0.3 is 9.72 Å². The van der Waals surface area contributed by atoms with Crippen LogP contribution in [-0.2, 0) is 4.74 Å². The summed E-state index contributed by atoms with van der Waals surface area (Å²) in [5, 5.41) is 0.518. The predicted molar refractivity (Wildman–Crippen MR) is 92.0 cm³/mol. The number of pyridine rings is 1. The van der Waals surface area contributed by atoms with E-state index in [1.54, 1.807) is 42.5 Å². The van der Waals surface area contributed by atoms with Gasteiger partial charge >= 0.3 is 5.97 Å². The summed E-state index contributed by atoms with van der Waals surface area (Å²) in [7, 11) is 0. The molecule has 0 spiro atoms. The molecule has 0 aliphatic carbocycles. The number of ether oxygens (including phenoxy) is 1. The lowest BCUT2D eigenvalue weighted by atomic mass is 10.2. The zero-order valence-electron chi connectivity index (χ0n) is 12.6. The van der Waals surface area contributed by atoms with Gasteiger partial charge in [-0.25, -0.2) is 9.18 Å². The van der Waals surface area contributed by atoms with Crippen LogP contribution < -0.4 is 5.43 Å². The molecule has 2 aromatic carbocycles. The number of carbonyl (C=O) groups is 1. The first-order chi connectivity index (χ1) is 11.6. The fraction of sp³-hybridized carbons (Fsp3) is 0.111. The number of H-pyrrole nitrogens is 1. The average molecular weight is 343 g/mol. The lowest BCUT2D eigenvalue weighted by molar-refractivity contribution is 0.0524. The van der Waals surface area contributed by atoms with Crippen LogP contribution in [-0.4, -0.2) is 23.3 Å². The monoisotopic (exact) mass is 343 g/mol. The molecule has 3 aromatic rings. The number of hydrogen-bond acceptors (Lipinski definition) is 4. The van der Waals surface area contributed by atoms with Crippen LogP contribution in [0, 0.1) is 5.82 Å². The SMILES string of the molecule is O=C(OCCSc1ccccc1F)c1cc(=O)c2ccccc2[nH]1. The van der Waals surface area contributed by atoms with Gasteiger partial charge in [-0.3, -0.25) is 4.79 Å². The van der Waals surface area contributed by atoms with E-state index < -0.39 is 5.97 Å². The Kier molecular flexibility index (Phi) is 4.96.